The van der Waals surface area contributed by atoms with E-state index in [-0.39, 0.29) is 11.8 Å². The van der Waals surface area contributed by atoms with Gasteiger partial charge in [0.1, 0.15) is 0 Å². The maximum atomic E-state index is 12.1. The Morgan fingerprint density at radius 1 is 1.30 bits per heavy atom. The van der Waals surface area contributed by atoms with Gasteiger partial charge in [0.15, 0.2) is 0 Å². The van der Waals surface area contributed by atoms with Crippen molar-refractivity contribution in [3.63, 3.8) is 0 Å². The number of amides is 1. The minimum Gasteiger partial charge on any atom is -0.352 e. The molecule has 2 aliphatic rings. The third-order valence-electron chi connectivity index (χ3n) is 4.30. The number of carbonyl (C=O) groups is 1. The van der Waals surface area contributed by atoms with Crippen LogP contribution in [0, 0.1) is 5.92 Å². The lowest BCUT2D eigenvalue weighted by atomic mass is 10.1. The van der Waals surface area contributed by atoms with Crippen molar-refractivity contribution in [2.45, 2.75) is 25.4 Å². The van der Waals surface area contributed by atoms with E-state index < -0.39 is 0 Å². The zero-order valence-electron chi connectivity index (χ0n) is 11.8. The van der Waals surface area contributed by atoms with Crippen LogP contribution in [0.3, 0.4) is 0 Å². The zero-order valence-corrected chi connectivity index (χ0v) is 11.8. The molecule has 2 saturated heterocycles. The second-order valence-corrected chi connectivity index (χ2v) is 5.90. The van der Waals surface area contributed by atoms with Gasteiger partial charge in [0.2, 0.25) is 5.91 Å². The number of carbonyl (C=O) groups excluding carboxylic acids is 1. The van der Waals surface area contributed by atoms with Crippen molar-refractivity contribution in [1.82, 2.24) is 15.5 Å². The number of hydrogen-bond donors (Lipinski definition) is 2. The third kappa shape index (κ3) is 3.38. The molecule has 108 valence electrons. The molecule has 2 fully saturated rings. The minimum atomic E-state index is 0.179. The zero-order chi connectivity index (χ0) is 13.8. The lowest BCUT2D eigenvalue weighted by Gasteiger charge is -2.18. The molecule has 0 aromatic heterocycles. The van der Waals surface area contributed by atoms with E-state index in [1.807, 2.05) is 6.07 Å². The maximum absolute atomic E-state index is 12.1. The normalized spacial score (nSPS) is 26.8. The van der Waals surface area contributed by atoms with E-state index in [1.165, 1.54) is 5.56 Å². The van der Waals surface area contributed by atoms with Crippen molar-refractivity contribution in [3.8, 4) is 0 Å². The highest BCUT2D eigenvalue weighted by Gasteiger charge is 2.28. The van der Waals surface area contributed by atoms with Crippen molar-refractivity contribution < 1.29 is 4.79 Å². The van der Waals surface area contributed by atoms with Crippen LogP contribution in [0.15, 0.2) is 30.3 Å². The number of hydrogen-bond acceptors (Lipinski definition) is 3. The highest BCUT2D eigenvalue weighted by molar-refractivity contribution is 5.79. The largest absolute Gasteiger partial charge is 0.352 e. The van der Waals surface area contributed by atoms with E-state index in [9.17, 15) is 4.79 Å². The Morgan fingerprint density at radius 3 is 2.90 bits per heavy atom. The van der Waals surface area contributed by atoms with Gasteiger partial charge in [-0.1, -0.05) is 30.3 Å². The molecule has 0 radical (unpaired) electrons. The van der Waals surface area contributed by atoms with Crippen LogP contribution in [-0.2, 0) is 11.3 Å². The van der Waals surface area contributed by atoms with Crippen molar-refractivity contribution in [1.29, 1.82) is 0 Å². The van der Waals surface area contributed by atoms with Gasteiger partial charge in [-0.2, -0.15) is 0 Å². The van der Waals surface area contributed by atoms with Crippen molar-refractivity contribution in [2.75, 3.05) is 26.2 Å². The van der Waals surface area contributed by atoms with Gasteiger partial charge in [-0.3, -0.25) is 9.69 Å². The molecule has 1 amide bonds. The first-order valence-electron chi connectivity index (χ1n) is 7.58. The fraction of sp³-hybridized carbons (Fsp3) is 0.562. The number of nitrogens with one attached hydrogen (secondary N) is 2. The van der Waals surface area contributed by atoms with Crippen LogP contribution in [0.25, 0.3) is 0 Å². The molecule has 2 atom stereocenters. The lowest BCUT2D eigenvalue weighted by Crippen LogP contribution is -2.41. The highest BCUT2D eigenvalue weighted by Crippen LogP contribution is 2.15. The van der Waals surface area contributed by atoms with E-state index in [4.69, 9.17) is 0 Å². The summed E-state index contributed by atoms with van der Waals surface area (Å²) < 4.78 is 0. The first-order chi connectivity index (χ1) is 9.81. The van der Waals surface area contributed by atoms with Gasteiger partial charge >= 0.3 is 0 Å². The fourth-order valence-corrected chi connectivity index (χ4v) is 3.13. The summed E-state index contributed by atoms with van der Waals surface area (Å²) in [6.45, 7) is 4.84. The van der Waals surface area contributed by atoms with Crippen LogP contribution in [0.5, 0.6) is 0 Å². The molecule has 2 N–H and O–H groups in total. The molecule has 2 unspecified atom stereocenters. The Labute approximate surface area is 120 Å². The van der Waals surface area contributed by atoms with Crippen LogP contribution >= 0.6 is 0 Å². The summed E-state index contributed by atoms with van der Waals surface area (Å²) in [6.07, 6.45) is 2.05. The van der Waals surface area contributed by atoms with Crippen LogP contribution in [0.2, 0.25) is 0 Å². The predicted octanol–water partition coefficient (Wildman–Crippen LogP) is 0.987. The Hall–Kier alpha value is -1.39. The second kappa shape index (κ2) is 6.37. The standard InChI is InChI=1S/C16H23N3O/c20-16(14-6-8-17-10-14)18-15-7-9-19(12-15)11-13-4-2-1-3-5-13/h1-5,14-15,17H,6-12H2,(H,18,20). The molecule has 0 spiro atoms. The lowest BCUT2D eigenvalue weighted by molar-refractivity contribution is -0.125. The molecule has 3 rings (SSSR count). The summed E-state index contributed by atoms with van der Waals surface area (Å²) in [5, 5.41) is 6.46. The topological polar surface area (TPSA) is 44.4 Å². The Bertz CT molecular complexity index is 442. The monoisotopic (exact) mass is 273 g/mol. The van der Waals surface area contributed by atoms with Gasteiger partial charge in [-0.05, 0) is 24.9 Å². The van der Waals surface area contributed by atoms with Gasteiger partial charge in [0, 0.05) is 32.2 Å². The maximum Gasteiger partial charge on any atom is 0.224 e. The molecular formula is C16H23N3O. The summed E-state index contributed by atoms with van der Waals surface area (Å²) in [7, 11) is 0. The first kappa shape index (κ1) is 13.6. The Balaban J connectivity index is 1.46. The summed E-state index contributed by atoms with van der Waals surface area (Å²) in [4.78, 5) is 14.5. The number of likely N-dealkylation sites (tertiary alicyclic amines) is 1. The number of nitrogens with zero attached hydrogens (tertiary/aromatic N) is 1. The third-order valence-corrected chi connectivity index (χ3v) is 4.30. The van der Waals surface area contributed by atoms with Gasteiger partial charge in [-0.25, -0.2) is 0 Å². The van der Waals surface area contributed by atoms with Crippen molar-refractivity contribution in [3.05, 3.63) is 35.9 Å². The van der Waals surface area contributed by atoms with Gasteiger partial charge < -0.3 is 10.6 Å². The molecule has 4 heteroatoms. The Morgan fingerprint density at radius 2 is 2.15 bits per heavy atom. The van der Waals surface area contributed by atoms with Crippen LogP contribution < -0.4 is 10.6 Å². The number of rotatable bonds is 4. The molecule has 1 aromatic carbocycles. The van der Waals surface area contributed by atoms with Crippen molar-refractivity contribution in [2.24, 2.45) is 5.92 Å². The molecule has 0 saturated carbocycles. The van der Waals surface area contributed by atoms with E-state index in [1.54, 1.807) is 0 Å². The SMILES string of the molecule is O=C(NC1CCN(Cc2ccccc2)C1)C1CCNC1. The smallest absolute Gasteiger partial charge is 0.224 e. The minimum absolute atomic E-state index is 0.179. The predicted molar refractivity (Wildman–Crippen MR) is 79.2 cm³/mol. The van der Waals surface area contributed by atoms with Crippen LogP contribution in [0.1, 0.15) is 18.4 Å². The van der Waals surface area contributed by atoms with Gasteiger partial charge in [0.25, 0.3) is 0 Å². The molecular weight excluding hydrogens is 250 g/mol. The summed E-state index contributed by atoms with van der Waals surface area (Å²) in [5.41, 5.74) is 1.35. The molecule has 0 bridgehead atoms. The van der Waals surface area contributed by atoms with Gasteiger partial charge in [0.05, 0.1) is 5.92 Å². The average molecular weight is 273 g/mol. The fourth-order valence-electron chi connectivity index (χ4n) is 3.13. The molecule has 0 aliphatic carbocycles. The van der Waals surface area contributed by atoms with E-state index in [0.717, 1.165) is 45.6 Å². The molecule has 1 aromatic rings. The summed E-state index contributed by atoms with van der Waals surface area (Å²) >= 11 is 0. The second-order valence-electron chi connectivity index (χ2n) is 5.90. The highest BCUT2D eigenvalue weighted by atomic mass is 16.2. The van der Waals surface area contributed by atoms with E-state index in [0.29, 0.717) is 6.04 Å². The molecule has 20 heavy (non-hydrogen) atoms. The van der Waals surface area contributed by atoms with Gasteiger partial charge in [-0.15, -0.1) is 0 Å². The van der Waals surface area contributed by atoms with Crippen LogP contribution in [0.4, 0.5) is 0 Å². The Kier molecular flexibility index (Phi) is 4.33. The van der Waals surface area contributed by atoms with E-state index in [2.05, 4.69) is 39.8 Å². The molecule has 2 heterocycles. The van der Waals surface area contributed by atoms with E-state index >= 15 is 0 Å². The van der Waals surface area contributed by atoms with Crippen LogP contribution in [-0.4, -0.2) is 43.0 Å². The quantitative estimate of drug-likeness (QED) is 0.860. The molecule has 4 nitrogen and oxygen atoms in total. The first-order valence-corrected chi connectivity index (χ1v) is 7.58. The molecule has 2 aliphatic heterocycles. The summed E-state index contributed by atoms with van der Waals surface area (Å²) in [5.74, 6) is 0.416. The number of benzene rings is 1. The van der Waals surface area contributed by atoms with Crippen molar-refractivity contribution >= 4 is 5.91 Å². The average Bonchev–Trinajstić information content (AvgIpc) is 3.11. The summed E-state index contributed by atoms with van der Waals surface area (Å²) in [6, 6.07) is 10.9.